The second-order valence-corrected chi connectivity index (χ2v) is 10.3. The number of carbonyl (C=O) groups is 1. The Morgan fingerprint density at radius 1 is 1.09 bits per heavy atom. The molecule has 0 bridgehead atoms. The summed E-state index contributed by atoms with van der Waals surface area (Å²) in [7, 11) is 1.79. The van der Waals surface area contributed by atoms with Crippen LogP contribution in [0.1, 0.15) is 61.8 Å². The predicted octanol–water partition coefficient (Wildman–Crippen LogP) is 4.36. The highest BCUT2D eigenvalue weighted by atomic mass is 16.5. The Balaban J connectivity index is 1.55. The molecule has 2 aliphatic carbocycles. The van der Waals surface area contributed by atoms with Gasteiger partial charge in [0, 0.05) is 18.6 Å². The summed E-state index contributed by atoms with van der Waals surface area (Å²) >= 11 is 0. The lowest BCUT2D eigenvalue weighted by molar-refractivity contribution is -0.139. The number of hydrogen-bond acceptors (Lipinski definition) is 4. The van der Waals surface area contributed by atoms with Crippen molar-refractivity contribution in [3.8, 4) is 0 Å². The first kappa shape index (κ1) is 22.1. The molecule has 0 unspecified atom stereocenters. The van der Waals surface area contributed by atoms with E-state index < -0.39 is 5.54 Å². The highest BCUT2D eigenvalue weighted by Gasteiger charge is 2.66. The maximum atomic E-state index is 14.2. The van der Waals surface area contributed by atoms with Crippen molar-refractivity contribution in [2.75, 3.05) is 7.11 Å². The third kappa shape index (κ3) is 3.40. The topological polar surface area (TPSA) is 67.9 Å². The predicted molar refractivity (Wildman–Crippen MR) is 131 cm³/mol. The molecule has 1 amide bonds. The smallest absolute Gasteiger partial charge is 0.262 e. The molecule has 0 aromatic heterocycles. The number of hydrogen-bond donors (Lipinski definition) is 1. The second-order valence-electron chi connectivity index (χ2n) is 10.3. The largest absolute Gasteiger partial charge is 0.381 e. The summed E-state index contributed by atoms with van der Waals surface area (Å²) in [5.74, 6) is 0.426. The summed E-state index contributed by atoms with van der Waals surface area (Å²) in [4.78, 5) is 20.9. The van der Waals surface area contributed by atoms with Crippen LogP contribution in [0.4, 0.5) is 0 Å². The molecule has 1 heterocycles. The van der Waals surface area contributed by atoms with Gasteiger partial charge in [0.1, 0.15) is 0 Å². The molecule has 1 aliphatic heterocycles. The zero-order valence-corrected chi connectivity index (χ0v) is 20.0. The van der Waals surface area contributed by atoms with Crippen molar-refractivity contribution in [3.63, 3.8) is 0 Å². The van der Waals surface area contributed by atoms with Crippen LogP contribution in [-0.2, 0) is 34.3 Å². The number of fused-ring (bicyclic) bond motifs is 3. The summed E-state index contributed by atoms with van der Waals surface area (Å²) in [6.07, 6.45) is 6.82. The van der Waals surface area contributed by atoms with Gasteiger partial charge >= 0.3 is 0 Å². The molecular weight excluding hydrogens is 410 g/mol. The van der Waals surface area contributed by atoms with Crippen molar-refractivity contribution >= 4 is 11.9 Å². The molecule has 3 aliphatic rings. The third-order valence-electron chi connectivity index (χ3n) is 8.20. The van der Waals surface area contributed by atoms with Crippen molar-refractivity contribution in [2.45, 2.75) is 76.5 Å². The minimum Gasteiger partial charge on any atom is -0.381 e. The molecule has 5 rings (SSSR count). The number of amides is 1. The fourth-order valence-electron chi connectivity index (χ4n) is 6.47. The molecule has 33 heavy (non-hydrogen) atoms. The van der Waals surface area contributed by atoms with E-state index >= 15 is 0 Å². The van der Waals surface area contributed by atoms with E-state index in [9.17, 15) is 4.79 Å². The Morgan fingerprint density at radius 3 is 2.42 bits per heavy atom. The van der Waals surface area contributed by atoms with E-state index in [1.54, 1.807) is 12.0 Å². The molecule has 2 spiro atoms. The number of nitrogens with zero attached hydrogens (tertiary/aromatic N) is 2. The van der Waals surface area contributed by atoms with Crippen LogP contribution < -0.4 is 5.73 Å². The summed E-state index contributed by atoms with van der Waals surface area (Å²) in [6, 6.07) is 17.3. The maximum Gasteiger partial charge on any atom is 0.262 e. The van der Waals surface area contributed by atoms with E-state index in [0.29, 0.717) is 5.96 Å². The minimum atomic E-state index is -0.905. The van der Waals surface area contributed by atoms with Gasteiger partial charge in [0.25, 0.3) is 5.91 Å². The summed E-state index contributed by atoms with van der Waals surface area (Å²) in [5, 5.41) is 0. The van der Waals surface area contributed by atoms with Crippen LogP contribution in [0.2, 0.25) is 0 Å². The molecule has 0 saturated heterocycles. The lowest BCUT2D eigenvalue weighted by Crippen LogP contribution is -2.53. The SMILES string of the molecule is COC1CCC2(CC1)Cc1ccc(CCc3ccccc3)cc1[C@@]21N=C(N)N(C(C)C)C1=O. The molecular formula is C28H35N3O2. The Kier molecular flexibility index (Phi) is 5.56. The molecule has 1 saturated carbocycles. The van der Waals surface area contributed by atoms with Gasteiger partial charge in [0.15, 0.2) is 11.5 Å². The van der Waals surface area contributed by atoms with Crippen molar-refractivity contribution in [2.24, 2.45) is 16.1 Å². The van der Waals surface area contributed by atoms with Crippen LogP contribution in [0, 0.1) is 5.41 Å². The van der Waals surface area contributed by atoms with E-state index in [1.807, 2.05) is 13.8 Å². The van der Waals surface area contributed by atoms with Crippen LogP contribution in [0.3, 0.4) is 0 Å². The van der Waals surface area contributed by atoms with Gasteiger partial charge in [-0.05, 0) is 81.0 Å². The van der Waals surface area contributed by atoms with Crippen molar-refractivity contribution < 1.29 is 9.53 Å². The molecule has 1 atom stereocenters. The van der Waals surface area contributed by atoms with Gasteiger partial charge in [0.2, 0.25) is 0 Å². The highest BCUT2D eigenvalue weighted by molar-refractivity contribution is 6.08. The van der Waals surface area contributed by atoms with Gasteiger partial charge in [-0.2, -0.15) is 0 Å². The number of benzene rings is 2. The number of ether oxygens (including phenoxy) is 1. The number of carbonyl (C=O) groups excluding carboxylic acids is 1. The van der Waals surface area contributed by atoms with Gasteiger partial charge in [-0.15, -0.1) is 0 Å². The standard InChI is InChI=1S/C28H35N3O2/c1-19(2)31-25(32)28(30-26(31)29)24-17-21(10-9-20-7-5-4-6-8-20)11-12-22(24)18-27(28)15-13-23(33-3)14-16-27/h4-8,11-12,17,19,23H,9-10,13-16,18H2,1-3H3,(H2,29,30)/t23?,27?,28-/m0/s1. The number of aryl methyl sites for hydroxylation is 2. The monoisotopic (exact) mass is 445 g/mol. The summed E-state index contributed by atoms with van der Waals surface area (Å²) in [5.41, 5.74) is 10.2. The lowest BCUT2D eigenvalue weighted by atomic mass is 9.61. The van der Waals surface area contributed by atoms with Gasteiger partial charge in [-0.1, -0.05) is 48.5 Å². The molecule has 1 fully saturated rings. The number of rotatable bonds is 5. The molecule has 174 valence electrons. The van der Waals surface area contributed by atoms with E-state index in [-0.39, 0.29) is 23.5 Å². The summed E-state index contributed by atoms with van der Waals surface area (Å²) < 4.78 is 5.67. The first-order valence-electron chi connectivity index (χ1n) is 12.3. The Bertz CT molecular complexity index is 1070. The number of aliphatic imine (C=N–C) groups is 1. The van der Waals surface area contributed by atoms with Crippen LogP contribution in [0.25, 0.3) is 0 Å². The second kappa shape index (κ2) is 8.28. The van der Waals surface area contributed by atoms with E-state index in [2.05, 4.69) is 48.5 Å². The van der Waals surface area contributed by atoms with Crippen LogP contribution in [0.15, 0.2) is 53.5 Å². The molecule has 0 radical (unpaired) electrons. The normalized spacial score (nSPS) is 28.7. The van der Waals surface area contributed by atoms with Crippen LogP contribution in [-0.4, -0.2) is 36.0 Å². The van der Waals surface area contributed by atoms with E-state index in [0.717, 1.165) is 50.5 Å². The molecule has 5 nitrogen and oxygen atoms in total. The Labute approximate surface area is 197 Å². The molecule has 2 N–H and O–H groups in total. The highest BCUT2D eigenvalue weighted by Crippen LogP contribution is 2.62. The van der Waals surface area contributed by atoms with Crippen molar-refractivity contribution in [1.82, 2.24) is 4.90 Å². The molecule has 5 heteroatoms. The van der Waals surface area contributed by atoms with Crippen LogP contribution in [0.5, 0.6) is 0 Å². The zero-order chi connectivity index (χ0) is 23.2. The lowest BCUT2D eigenvalue weighted by Gasteiger charge is -2.45. The third-order valence-corrected chi connectivity index (χ3v) is 8.20. The number of guanidine groups is 1. The van der Waals surface area contributed by atoms with Crippen molar-refractivity contribution in [1.29, 1.82) is 0 Å². The maximum absolute atomic E-state index is 14.2. The fourth-order valence-corrected chi connectivity index (χ4v) is 6.47. The molecule has 2 aromatic rings. The number of methoxy groups -OCH3 is 1. The Hall–Kier alpha value is -2.66. The number of nitrogens with two attached hydrogens (primary N) is 1. The summed E-state index contributed by atoms with van der Waals surface area (Å²) in [6.45, 7) is 4.03. The Morgan fingerprint density at radius 2 is 1.79 bits per heavy atom. The van der Waals surface area contributed by atoms with Gasteiger partial charge in [-0.3, -0.25) is 9.69 Å². The first-order valence-corrected chi connectivity index (χ1v) is 12.3. The van der Waals surface area contributed by atoms with Gasteiger partial charge in [-0.25, -0.2) is 4.99 Å². The first-order chi connectivity index (χ1) is 15.9. The van der Waals surface area contributed by atoms with E-state index in [1.165, 1.54) is 16.7 Å². The van der Waals surface area contributed by atoms with Gasteiger partial charge in [0.05, 0.1) is 6.10 Å². The average molecular weight is 446 g/mol. The zero-order valence-electron chi connectivity index (χ0n) is 20.0. The fraction of sp³-hybridized carbons (Fsp3) is 0.500. The average Bonchev–Trinajstić information content (AvgIpc) is 3.24. The van der Waals surface area contributed by atoms with E-state index in [4.69, 9.17) is 15.5 Å². The van der Waals surface area contributed by atoms with Gasteiger partial charge < -0.3 is 10.5 Å². The van der Waals surface area contributed by atoms with Crippen molar-refractivity contribution in [3.05, 3.63) is 70.8 Å². The quantitative estimate of drug-likeness (QED) is 0.743. The molecule has 2 aromatic carbocycles. The van der Waals surface area contributed by atoms with Crippen LogP contribution >= 0.6 is 0 Å². The minimum absolute atomic E-state index is 0.0155.